The van der Waals surface area contributed by atoms with E-state index in [9.17, 15) is 14.4 Å². The lowest BCUT2D eigenvalue weighted by Crippen LogP contribution is -2.30. The highest BCUT2D eigenvalue weighted by molar-refractivity contribution is 5.71. The van der Waals surface area contributed by atoms with Gasteiger partial charge < -0.3 is 14.2 Å². The smallest absolute Gasteiger partial charge is 0.306 e. The molecule has 0 rings (SSSR count). The van der Waals surface area contributed by atoms with Crippen LogP contribution in [0.3, 0.4) is 0 Å². The lowest BCUT2D eigenvalue weighted by atomic mass is 10.1. The molecular formula is C66H116O6. The molecule has 416 valence electrons. The van der Waals surface area contributed by atoms with Crippen LogP contribution in [0, 0.1) is 0 Å². The topological polar surface area (TPSA) is 78.9 Å². The number of hydrogen-bond acceptors (Lipinski definition) is 6. The molecule has 0 aliphatic carbocycles. The Morgan fingerprint density at radius 2 is 0.500 bits per heavy atom. The Balaban J connectivity index is 4.36. The Hall–Kier alpha value is -3.15. The Morgan fingerprint density at radius 3 is 0.819 bits per heavy atom. The minimum Gasteiger partial charge on any atom is -0.462 e. The van der Waals surface area contributed by atoms with E-state index in [2.05, 4.69) is 93.7 Å². The van der Waals surface area contributed by atoms with Gasteiger partial charge in [-0.3, -0.25) is 14.4 Å². The normalized spacial score (nSPS) is 12.5. The van der Waals surface area contributed by atoms with E-state index in [1.165, 1.54) is 180 Å². The third kappa shape index (κ3) is 57.7. The second-order valence-electron chi connectivity index (χ2n) is 20.6. The average Bonchev–Trinajstić information content (AvgIpc) is 3.38. The van der Waals surface area contributed by atoms with Crippen LogP contribution in [-0.2, 0) is 28.6 Å². The van der Waals surface area contributed by atoms with Crippen LogP contribution >= 0.6 is 0 Å². The second kappa shape index (κ2) is 60.4. The van der Waals surface area contributed by atoms with Crippen molar-refractivity contribution in [3.8, 4) is 0 Å². The van der Waals surface area contributed by atoms with Crippen molar-refractivity contribution in [3.63, 3.8) is 0 Å². The molecule has 0 saturated carbocycles. The van der Waals surface area contributed by atoms with E-state index in [1.807, 2.05) is 0 Å². The van der Waals surface area contributed by atoms with E-state index < -0.39 is 6.10 Å². The summed E-state index contributed by atoms with van der Waals surface area (Å²) in [7, 11) is 0. The molecule has 0 spiro atoms. The van der Waals surface area contributed by atoms with Crippen molar-refractivity contribution in [2.75, 3.05) is 13.2 Å². The lowest BCUT2D eigenvalue weighted by molar-refractivity contribution is -0.167. The number of carbonyl (C=O) groups is 3. The number of rotatable bonds is 56. The van der Waals surface area contributed by atoms with Gasteiger partial charge in [0.25, 0.3) is 0 Å². The van der Waals surface area contributed by atoms with Crippen LogP contribution in [0.25, 0.3) is 0 Å². The molecule has 6 nitrogen and oxygen atoms in total. The maximum atomic E-state index is 12.9. The van der Waals surface area contributed by atoms with E-state index in [4.69, 9.17) is 14.2 Å². The van der Waals surface area contributed by atoms with Gasteiger partial charge in [0, 0.05) is 19.3 Å². The first-order valence-corrected chi connectivity index (χ1v) is 30.9. The van der Waals surface area contributed by atoms with Gasteiger partial charge in [0.15, 0.2) is 6.10 Å². The predicted octanol–water partition coefficient (Wildman–Crippen LogP) is 20.9. The monoisotopic (exact) mass is 1000 g/mol. The molecule has 1 atom stereocenters. The van der Waals surface area contributed by atoms with Crippen molar-refractivity contribution in [2.45, 2.75) is 316 Å². The summed E-state index contributed by atoms with van der Waals surface area (Å²) in [4.78, 5) is 38.2. The summed E-state index contributed by atoms with van der Waals surface area (Å²) in [5.74, 6) is -0.900. The van der Waals surface area contributed by atoms with Crippen molar-refractivity contribution >= 4 is 17.9 Å². The molecule has 0 fully saturated rings. The highest BCUT2D eigenvalue weighted by atomic mass is 16.6. The Morgan fingerprint density at radius 1 is 0.278 bits per heavy atom. The number of esters is 3. The fraction of sp³-hybridized carbons (Fsp3) is 0.773. The molecule has 0 aliphatic heterocycles. The summed E-state index contributed by atoms with van der Waals surface area (Å²) in [6.45, 7) is 6.60. The van der Waals surface area contributed by atoms with Crippen LogP contribution in [0.5, 0.6) is 0 Å². The van der Waals surface area contributed by atoms with Gasteiger partial charge in [-0.15, -0.1) is 0 Å². The van der Waals surface area contributed by atoms with Crippen molar-refractivity contribution in [3.05, 3.63) is 72.9 Å². The van der Waals surface area contributed by atoms with Crippen LogP contribution < -0.4 is 0 Å². The van der Waals surface area contributed by atoms with Gasteiger partial charge in [0.1, 0.15) is 13.2 Å². The van der Waals surface area contributed by atoms with Crippen LogP contribution in [0.2, 0.25) is 0 Å². The summed E-state index contributed by atoms with van der Waals surface area (Å²) in [6.07, 6.45) is 77.5. The van der Waals surface area contributed by atoms with E-state index in [-0.39, 0.29) is 31.1 Å². The van der Waals surface area contributed by atoms with Gasteiger partial charge in [0.2, 0.25) is 0 Å². The lowest BCUT2D eigenvalue weighted by Gasteiger charge is -2.18. The quantitative estimate of drug-likeness (QED) is 0.0261. The molecule has 0 saturated heterocycles. The molecule has 72 heavy (non-hydrogen) atoms. The van der Waals surface area contributed by atoms with Crippen LogP contribution in [0.4, 0.5) is 0 Å². The number of hydrogen-bond donors (Lipinski definition) is 0. The average molecular weight is 1010 g/mol. The molecule has 1 unspecified atom stereocenters. The van der Waals surface area contributed by atoms with Gasteiger partial charge in [-0.05, 0) is 116 Å². The van der Waals surface area contributed by atoms with Gasteiger partial charge >= 0.3 is 17.9 Å². The molecule has 0 aliphatic rings. The van der Waals surface area contributed by atoms with E-state index in [0.29, 0.717) is 19.3 Å². The second-order valence-corrected chi connectivity index (χ2v) is 20.6. The standard InChI is InChI=1S/C66H116O6/c1-4-7-10-13-16-19-22-25-27-29-31-33-35-37-39-41-44-47-50-53-56-59-65(68)71-62-63(61-70-64(67)58-55-52-49-46-43-24-21-18-15-12-9-6-3)72-66(69)60-57-54-51-48-45-42-40-38-36-34-32-30-28-26-23-20-17-14-11-8-5-2/h18,21-23,25-26,29-32,35,37,63H,4-17,19-20,24,27-28,33-34,36,38-62H2,1-3H3/b21-18-,25-22-,26-23-,31-29-,32-30-,37-35-. The Labute approximate surface area is 446 Å². The fourth-order valence-corrected chi connectivity index (χ4v) is 8.71. The summed E-state index contributed by atoms with van der Waals surface area (Å²) in [5, 5.41) is 0. The van der Waals surface area contributed by atoms with E-state index in [0.717, 1.165) is 89.9 Å². The summed E-state index contributed by atoms with van der Waals surface area (Å²) < 4.78 is 16.9. The molecule has 0 heterocycles. The van der Waals surface area contributed by atoms with Crippen LogP contribution in [0.15, 0.2) is 72.9 Å². The molecule has 0 aromatic heterocycles. The number of ether oxygens (including phenoxy) is 3. The first-order valence-electron chi connectivity index (χ1n) is 30.9. The zero-order chi connectivity index (χ0) is 52.2. The first kappa shape index (κ1) is 68.8. The molecule has 0 N–H and O–H groups in total. The molecule has 0 aromatic rings. The van der Waals surface area contributed by atoms with Crippen LogP contribution in [-0.4, -0.2) is 37.2 Å². The van der Waals surface area contributed by atoms with Gasteiger partial charge in [0.05, 0.1) is 0 Å². The fourth-order valence-electron chi connectivity index (χ4n) is 8.71. The predicted molar refractivity (Wildman–Crippen MR) is 311 cm³/mol. The van der Waals surface area contributed by atoms with Gasteiger partial charge in [-0.1, -0.05) is 248 Å². The Kier molecular flexibility index (Phi) is 57.8. The molecule has 0 amide bonds. The highest BCUT2D eigenvalue weighted by Crippen LogP contribution is 2.15. The third-order valence-electron chi connectivity index (χ3n) is 13.4. The zero-order valence-electron chi connectivity index (χ0n) is 47.7. The van der Waals surface area contributed by atoms with Crippen molar-refractivity contribution < 1.29 is 28.6 Å². The molecular weight excluding hydrogens is 889 g/mol. The number of unbranched alkanes of at least 4 members (excludes halogenated alkanes) is 33. The zero-order valence-corrected chi connectivity index (χ0v) is 47.7. The maximum absolute atomic E-state index is 12.9. The molecule has 6 heteroatoms. The number of carbonyl (C=O) groups excluding carboxylic acids is 3. The largest absolute Gasteiger partial charge is 0.462 e. The number of allylic oxidation sites excluding steroid dienone is 12. The molecule has 0 bridgehead atoms. The summed E-state index contributed by atoms with van der Waals surface area (Å²) in [5.41, 5.74) is 0. The van der Waals surface area contributed by atoms with E-state index in [1.54, 1.807) is 0 Å². The molecule has 0 radical (unpaired) electrons. The third-order valence-corrected chi connectivity index (χ3v) is 13.4. The first-order chi connectivity index (χ1) is 35.5. The maximum Gasteiger partial charge on any atom is 0.306 e. The minimum atomic E-state index is -0.787. The van der Waals surface area contributed by atoms with Crippen molar-refractivity contribution in [1.29, 1.82) is 0 Å². The van der Waals surface area contributed by atoms with Gasteiger partial charge in [-0.25, -0.2) is 0 Å². The SMILES string of the molecule is CCCCC/C=C\CCCCCCCC(=O)OCC(COC(=O)CCCCCCCC/C=C\C/C=C\C/C=C\CCCCCCC)OC(=O)CCCCCCCCCCC/C=C\C/C=C\CCCCCCC. The Bertz CT molecular complexity index is 1340. The van der Waals surface area contributed by atoms with Crippen molar-refractivity contribution in [2.24, 2.45) is 0 Å². The van der Waals surface area contributed by atoms with Gasteiger partial charge in [-0.2, -0.15) is 0 Å². The highest BCUT2D eigenvalue weighted by Gasteiger charge is 2.19. The summed E-state index contributed by atoms with van der Waals surface area (Å²) in [6, 6.07) is 0. The molecule has 0 aromatic carbocycles. The van der Waals surface area contributed by atoms with E-state index >= 15 is 0 Å². The minimum absolute atomic E-state index is 0.0851. The summed E-state index contributed by atoms with van der Waals surface area (Å²) >= 11 is 0. The van der Waals surface area contributed by atoms with Crippen LogP contribution in [0.1, 0.15) is 310 Å². The van der Waals surface area contributed by atoms with Crippen molar-refractivity contribution in [1.82, 2.24) is 0 Å².